The topological polar surface area (TPSA) is 12.0 Å². The van der Waals surface area contributed by atoms with Gasteiger partial charge in [-0.15, -0.1) is 0 Å². The average molecular weight is 352 g/mol. The van der Waals surface area contributed by atoms with Gasteiger partial charge in [-0.3, -0.25) is 0 Å². The van der Waals surface area contributed by atoms with Gasteiger partial charge >= 0.3 is 0 Å². The second-order valence-electron chi connectivity index (χ2n) is 6.65. The first kappa shape index (κ1) is 17.0. The molecule has 1 aromatic carbocycles. The fourth-order valence-electron chi connectivity index (χ4n) is 3.66. The van der Waals surface area contributed by atoms with Crippen LogP contribution < -0.4 is 5.32 Å². The molecule has 0 aromatic heterocycles. The Morgan fingerprint density at radius 1 is 1.19 bits per heavy atom. The molecule has 0 radical (unpaired) electrons. The molecule has 1 nitrogen and oxygen atoms in total. The Kier molecular flexibility index (Phi) is 6.75. The number of benzene rings is 1. The zero-order valence-electron chi connectivity index (χ0n) is 13.8. The van der Waals surface area contributed by atoms with Crippen LogP contribution in [0.25, 0.3) is 0 Å². The van der Waals surface area contributed by atoms with Crippen molar-refractivity contribution in [1.82, 2.24) is 5.32 Å². The fraction of sp³-hybridized carbons (Fsp3) is 0.684. The molecular formula is C19H30BrN. The van der Waals surface area contributed by atoms with Crippen molar-refractivity contribution in [3.63, 3.8) is 0 Å². The third-order valence-electron chi connectivity index (χ3n) is 5.04. The van der Waals surface area contributed by atoms with Crippen molar-refractivity contribution in [2.24, 2.45) is 11.8 Å². The molecule has 1 aromatic rings. The van der Waals surface area contributed by atoms with E-state index in [2.05, 4.69) is 60.2 Å². The van der Waals surface area contributed by atoms with Gasteiger partial charge in [0.2, 0.25) is 0 Å². The molecule has 0 saturated heterocycles. The Morgan fingerprint density at radius 3 is 2.52 bits per heavy atom. The summed E-state index contributed by atoms with van der Waals surface area (Å²) in [5.41, 5.74) is 2.82. The van der Waals surface area contributed by atoms with E-state index in [4.69, 9.17) is 0 Å². The zero-order chi connectivity index (χ0) is 15.2. The standard InChI is InChI=1S/C19H30BrN/c1-4-12-21-19(16-9-7-15(5-2)8-10-16)17-13-14(3)6-11-18(17)20/h6,11,13,15-16,19,21H,4-5,7-10,12H2,1-3H3. The van der Waals surface area contributed by atoms with Gasteiger partial charge < -0.3 is 5.32 Å². The summed E-state index contributed by atoms with van der Waals surface area (Å²) in [5, 5.41) is 3.83. The first-order valence-electron chi connectivity index (χ1n) is 8.65. The van der Waals surface area contributed by atoms with E-state index in [1.165, 1.54) is 54.1 Å². The molecule has 0 amide bonds. The molecule has 1 fully saturated rings. The summed E-state index contributed by atoms with van der Waals surface area (Å²) in [6.07, 6.45) is 8.13. The first-order chi connectivity index (χ1) is 10.2. The van der Waals surface area contributed by atoms with Crippen LogP contribution in [-0.4, -0.2) is 6.54 Å². The van der Waals surface area contributed by atoms with E-state index >= 15 is 0 Å². The van der Waals surface area contributed by atoms with Gasteiger partial charge in [0.1, 0.15) is 0 Å². The van der Waals surface area contributed by atoms with Gasteiger partial charge in [0.15, 0.2) is 0 Å². The highest BCUT2D eigenvalue weighted by Crippen LogP contribution is 2.40. The van der Waals surface area contributed by atoms with E-state index < -0.39 is 0 Å². The van der Waals surface area contributed by atoms with Gasteiger partial charge in [0, 0.05) is 10.5 Å². The molecule has 1 saturated carbocycles. The maximum atomic E-state index is 3.83. The minimum atomic E-state index is 0.511. The minimum Gasteiger partial charge on any atom is -0.310 e. The third kappa shape index (κ3) is 4.56. The van der Waals surface area contributed by atoms with Crippen LogP contribution in [0.15, 0.2) is 22.7 Å². The predicted molar refractivity (Wildman–Crippen MR) is 95.7 cm³/mol. The minimum absolute atomic E-state index is 0.511. The van der Waals surface area contributed by atoms with Gasteiger partial charge in [0.25, 0.3) is 0 Å². The number of hydrogen-bond acceptors (Lipinski definition) is 1. The number of rotatable bonds is 6. The van der Waals surface area contributed by atoms with E-state index in [9.17, 15) is 0 Å². The van der Waals surface area contributed by atoms with Crippen molar-refractivity contribution < 1.29 is 0 Å². The monoisotopic (exact) mass is 351 g/mol. The Bertz CT molecular complexity index is 435. The van der Waals surface area contributed by atoms with Gasteiger partial charge in [-0.05, 0) is 56.2 Å². The summed E-state index contributed by atoms with van der Waals surface area (Å²) in [7, 11) is 0. The van der Waals surface area contributed by atoms with Crippen molar-refractivity contribution in [2.75, 3.05) is 6.54 Å². The number of aryl methyl sites for hydroxylation is 1. The highest BCUT2D eigenvalue weighted by Gasteiger charge is 2.28. The van der Waals surface area contributed by atoms with E-state index in [-0.39, 0.29) is 0 Å². The Balaban J connectivity index is 2.16. The third-order valence-corrected chi connectivity index (χ3v) is 5.76. The molecule has 1 unspecified atom stereocenters. The average Bonchev–Trinajstić information content (AvgIpc) is 2.51. The van der Waals surface area contributed by atoms with Crippen LogP contribution in [0.5, 0.6) is 0 Å². The van der Waals surface area contributed by atoms with E-state index in [0.717, 1.165) is 18.4 Å². The summed E-state index contributed by atoms with van der Waals surface area (Å²) in [6, 6.07) is 7.28. The summed E-state index contributed by atoms with van der Waals surface area (Å²) in [6.45, 7) is 7.90. The van der Waals surface area contributed by atoms with Crippen LogP contribution in [0.4, 0.5) is 0 Å². The normalized spacial score (nSPS) is 24.0. The van der Waals surface area contributed by atoms with Crippen LogP contribution in [0.1, 0.15) is 69.5 Å². The lowest BCUT2D eigenvalue weighted by Crippen LogP contribution is -2.32. The predicted octanol–water partition coefficient (Wildman–Crippen LogP) is 6.01. The van der Waals surface area contributed by atoms with Crippen molar-refractivity contribution in [2.45, 2.75) is 65.3 Å². The Morgan fingerprint density at radius 2 is 1.90 bits per heavy atom. The summed E-state index contributed by atoms with van der Waals surface area (Å²) in [4.78, 5) is 0. The lowest BCUT2D eigenvalue weighted by molar-refractivity contribution is 0.218. The molecule has 2 rings (SSSR count). The van der Waals surface area contributed by atoms with Gasteiger partial charge in [-0.25, -0.2) is 0 Å². The fourth-order valence-corrected chi connectivity index (χ4v) is 4.15. The molecule has 0 spiro atoms. The van der Waals surface area contributed by atoms with Crippen molar-refractivity contribution in [3.8, 4) is 0 Å². The molecular weight excluding hydrogens is 322 g/mol. The SMILES string of the molecule is CCCNC(c1cc(C)ccc1Br)C1CCC(CC)CC1. The zero-order valence-corrected chi connectivity index (χ0v) is 15.4. The number of hydrogen-bond donors (Lipinski definition) is 1. The van der Waals surface area contributed by atoms with Gasteiger partial charge in [-0.2, -0.15) is 0 Å². The highest BCUT2D eigenvalue weighted by molar-refractivity contribution is 9.10. The molecule has 1 aliphatic rings. The van der Waals surface area contributed by atoms with Crippen LogP contribution in [0.3, 0.4) is 0 Å². The summed E-state index contributed by atoms with van der Waals surface area (Å²) < 4.78 is 1.26. The lowest BCUT2D eigenvalue weighted by atomic mass is 9.76. The van der Waals surface area contributed by atoms with E-state index in [1.807, 2.05) is 0 Å². The molecule has 118 valence electrons. The molecule has 0 heterocycles. The quantitative estimate of drug-likeness (QED) is 0.661. The van der Waals surface area contributed by atoms with Crippen LogP contribution in [0, 0.1) is 18.8 Å². The second kappa shape index (κ2) is 8.33. The van der Waals surface area contributed by atoms with Crippen molar-refractivity contribution >= 4 is 15.9 Å². The Hall–Kier alpha value is -0.340. The van der Waals surface area contributed by atoms with Gasteiger partial charge in [0.05, 0.1) is 0 Å². The van der Waals surface area contributed by atoms with Crippen LogP contribution in [0.2, 0.25) is 0 Å². The molecule has 0 bridgehead atoms. The highest BCUT2D eigenvalue weighted by atomic mass is 79.9. The molecule has 1 aliphatic carbocycles. The number of nitrogens with one attached hydrogen (secondary N) is 1. The molecule has 2 heteroatoms. The van der Waals surface area contributed by atoms with E-state index in [1.54, 1.807) is 0 Å². The van der Waals surface area contributed by atoms with Crippen molar-refractivity contribution in [1.29, 1.82) is 0 Å². The van der Waals surface area contributed by atoms with Gasteiger partial charge in [-0.1, -0.05) is 66.7 Å². The second-order valence-corrected chi connectivity index (χ2v) is 7.50. The first-order valence-corrected chi connectivity index (χ1v) is 9.44. The molecule has 1 atom stereocenters. The van der Waals surface area contributed by atoms with Crippen molar-refractivity contribution in [3.05, 3.63) is 33.8 Å². The van der Waals surface area contributed by atoms with E-state index in [0.29, 0.717) is 6.04 Å². The largest absolute Gasteiger partial charge is 0.310 e. The Labute approximate surface area is 139 Å². The van der Waals surface area contributed by atoms with Crippen LogP contribution in [-0.2, 0) is 0 Å². The smallest absolute Gasteiger partial charge is 0.0359 e. The molecule has 1 N–H and O–H groups in total. The molecule has 21 heavy (non-hydrogen) atoms. The summed E-state index contributed by atoms with van der Waals surface area (Å²) >= 11 is 3.78. The summed E-state index contributed by atoms with van der Waals surface area (Å²) in [5.74, 6) is 1.76. The lowest BCUT2D eigenvalue weighted by Gasteiger charge is -2.35. The maximum absolute atomic E-state index is 3.83. The number of halogens is 1. The molecule has 0 aliphatic heterocycles. The van der Waals surface area contributed by atoms with Crippen LogP contribution >= 0.6 is 15.9 Å². The maximum Gasteiger partial charge on any atom is 0.0359 e.